The summed E-state index contributed by atoms with van der Waals surface area (Å²) in [4.78, 5) is 12.5. The number of sulfonamides is 1. The molecule has 0 radical (unpaired) electrons. The number of thioether (sulfide) groups is 1. The Morgan fingerprint density at radius 3 is 2.68 bits per heavy atom. The summed E-state index contributed by atoms with van der Waals surface area (Å²) >= 11 is 1.18. The number of aryl methyl sites for hydroxylation is 1. The van der Waals surface area contributed by atoms with Crippen LogP contribution in [0.1, 0.15) is 24.8 Å². The van der Waals surface area contributed by atoms with E-state index in [4.69, 9.17) is 10.00 Å². The monoisotopic (exact) mass is 459 g/mol. The van der Waals surface area contributed by atoms with Crippen LogP contribution in [-0.4, -0.2) is 43.2 Å². The van der Waals surface area contributed by atoms with E-state index in [0.717, 1.165) is 24.8 Å². The Balaban J connectivity index is 1.90. The van der Waals surface area contributed by atoms with E-state index in [1.807, 2.05) is 31.2 Å². The molecule has 9 heteroatoms. The van der Waals surface area contributed by atoms with Gasteiger partial charge in [0.25, 0.3) is 0 Å². The van der Waals surface area contributed by atoms with E-state index < -0.39 is 10.0 Å². The summed E-state index contributed by atoms with van der Waals surface area (Å²) in [5, 5.41) is 11.4. The van der Waals surface area contributed by atoms with E-state index in [2.05, 4.69) is 5.32 Å². The average Bonchev–Trinajstić information content (AvgIpc) is 2.76. The van der Waals surface area contributed by atoms with Gasteiger partial charge in [-0.05, 0) is 55.7 Å². The van der Waals surface area contributed by atoms with Crippen molar-refractivity contribution in [3.63, 3.8) is 0 Å². The minimum absolute atomic E-state index is 0.0839. The summed E-state index contributed by atoms with van der Waals surface area (Å²) in [6.45, 7) is 2.93. The molecule has 0 saturated carbocycles. The Kier molecular flexibility index (Phi) is 7.96. The van der Waals surface area contributed by atoms with E-state index in [1.54, 1.807) is 12.1 Å². The zero-order chi connectivity index (χ0) is 22.3. The van der Waals surface area contributed by atoms with Crippen LogP contribution in [-0.2, 0) is 14.8 Å². The normalized spacial score (nSPS) is 14.6. The van der Waals surface area contributed by atoms with Gasteiger partial charge in [-0.1, -0.05) is 18.6 Å². The van der Waals surface area contributed by atoms with Crippen LogP contribution in [0.4, 0.5) is 5.69 Å². The molecule has 1 amide bonds. The molecule has 1 saturated heterocycles. The van der Waals surface area contributed by atoms with Crippen LogP contribution in [0.15, 0.2) is 47.4 Å². The third-order valence-corrected chi connectivity index (χ3v) is 7.49. The number of anilines is 1. The Bertz CT molecular complexity index is 1070. The minimum Gasteiger partial charge on any atom is -0.455 e. The number of carbonyl (C=O) groups is 1. The standard InChI is InChI=1S/C22H25N3O4S2/c1-17-6-5-7-18(14-17)29-21-9-8-19(31(27,28)25-11-3-2-4-12-25)15-20(21)24-22(26)16-30-13-10-23/h5-9,14-15H,2-4,11-13,16H2,1H3,(H,24,26). The van der Waals surface area contributed by atoms with Crippen LogP contribution < -0.4 is 10.1 Å². The summed E-state index contributed by atoms with van der Waals surface area (Å²) < 4.78 is 33.6. The first-order chi connectivity index (χ1) is 14.9. The molecule has 0 aromatic heterocycles. The smallest absolute Gasteiger partial charge is 0.243 e. The molecule has 31 heavy (non-hydrogen) atoms. The number of hydrogen-bond donors (Lipinski definition) is 1. The topological polar surface area (TPSA) is 99.5 Å². The van der Waals surface area contributed by atoms with Gasteiger partial charge in [0.2, 0.25) is 15.9 Å². The zero-order valence-electron chi connectivity index (χ0n) is 17.3. The van der Waals surface area contributed by atoms with Gasteiger partial charge >= 0.3 is 0 Å². The first-order valence-corrected chi connectivity index (χ1v) is 12.6. The van der Waals surface area contributed by atoms with E-state index >= 15 is 0 Å². The summed E-state index contributed by atoms with van der Waals surface area (Å²) in [5.41, 5.74) is 1.29. The first-order valence-electron chi connectivity index (χ1n) is 10.0. The number of nitrogens with zero attached hydrogens (tertiary/aromatic N) is 2. The predicted octanol–water partition coefficient (Wildman–Crippen LogP) is 4.16. The second-order valence-electron chi connectivity index (χ2n) is 7.24. The quantitative estimate of drug-likeness (QED) is 0.595. The second-order valence-corrected chi connectivity index (χ2v) is 10.2. The molecule has 2 aromatic rings. The summed E-state index contributed by atoms with van der Waals surface area (Å²) in [7, 11) is -3.66. The number of rotatable bonds is 8. The van der Waals surface area contributed by atoms with Crippen molar-refractivity contribution >= 4 is 33.4 Å². The van der Waals surface area contributed by atoms with E-state index in [9.17, 15) is 13.2 Å². The van der Waals surface area contributed by atoms with Crippen LogP contribution in [0.25, 0.3) is 0 Å². The summed E-state index contributed by atoms with van der Waals surface area (Å²) in [6.07, 6.45) is 2.71. The largest absolute Gasteiger partial charge is 0.455 e. The molecule has 0 aliphatic carbocycles. The Morgan fingerprint density at radius 1 is 1.19 bits per heavy atom. The summed E-state index contributed by atoms with van der Waals surface area (Å²) in [5.74, 6) is 0.883. The number of hydrogen-bond acceptors (Lipinski definition) is 6. The molecule has 7 nitrogen and oxygen atoms in total. The van der Waals surface area contributed by atoms with Crippen LogP contribution >= 0.6 is 11.8 Å². The molecule has 3 rings (SSSR count). The van der Waals surface area contributed by atoms with Crippen molar-refractivity contribution in [2.45, 2.75) is 31.1 Å². The molecule has 1 aliphatic rings. The average molecular weight is 460 g/mol. The highest BCUT2D eigenvalue weighted by Crippen LogP contribution is 2.33. The van der Waals surface area contributed by atoms with Crippen LogP contribution in [0.2, 0.25) is 0 Å². The fraction of sp³-hybridized carbons (Fsp3) is 0.364. The lowest BCUT2D eigenvalue weighted by Gasteiger charge is -2.26. The Morgan fingerprint density at radius 2 is 1.97 bits per heavy atom. The number of piperidine rings is 1. The predicted molar refractivity (Wildman–Crippen MR) is 122 cm³/mol. The van der Waals surface area contributed by atoms with Gasteiger partial charge in [0.15, 0.2) is 5.75 Å². The lowest BCUT2D eigenvalue weighted by molar-refractivity contribution is -0.113. The lowest BCUT2D eigenvalue weighted by Crippen LogP contribution is -2.35. The molecule has 2 aromatic carbocycles. The maximum atomic E-state index is 13.1. The van der Waals surface area contributed by atoms with Gasteiger partial charge in [-0.25, -0.2) is 8.42 Å². The minimum atomic E-state index is -3.66. The zero-order valence-corrected chi connectivity index (χ0v) is 19.0. The van der Waals surface area contributed by atoms with Gasteiger partial charge in [0, 0.05) is 13.1 Å². The Labute approximate surface area is 187 Å². The van der Waals surface area contributed by atoms with Crippen molar-refractivity contribution in [1.29, 1.82) is 5.26 Å². The van der Waals surface area contributed by atoms with E-state index in [1.165, 1.54) is 28.2 Å². The molecule has 164 valence electrons. The van der Waals surface area contributed by atoms with Gasteiger partial charge in [0.1, 0.15) is 5.75 Å². The van der Waals surface area contributed by atoms with Crippen molar-refractivity contribution in [1.82, 2.24) is 4.31 Å². The molecular weight excluding hydrogens is 434 g/mol. The highest BCUT2D eigenvalue weighted by Gasteiger charge is 2.27. The number of benzene rings is 2. The molecule has 0 bridgehead atoms. The van der Waals surface area contributed by atoms with E-state index in [0.29, 0.717) is 24.6 Å². The SMILES string of the molecule is Cc1cccc(Oc2ccc(S(=O)(=O)N3CCCCC3)cc2NC(=O)CSCC#N)c1. The molecule has 1 heterocycles. The molecule has 0 atom stereocenters. The van der Waals surface area contributed by atoms with Gasteiger partial charge in [-0.15, -0.1) is 11.8 Å². The van der Waals surface area contributed by atoms with Crippen molar-refractivity contribution in [3.05, 3.63) is 48.0 Å². The van der Waals surface area contributed by atoms with Gasteiger partial charge in [-0.3, -0.25) is 4.79 Å². The number of ether oxygens (including phenoxy) is 1. The van der Waals surface area contributed by atoms with Crippen LogP contribution in [0, 0.1) is 18.3 Å². The van der Waals surface area contributed by atoms with Crippen molar-refractivity contribution in [2.24, 2.45) is 0 Å². The lowest BCUT2D eigenvalue weighted by atomic mass is 10.2. The van der Waals surface area contributed by atoms with Crippen molar-refractivity contribution in [3.8, 4) is 17.6 Å². The van der Waals surface area contributed by atoms with Gasteiger partial charge < -0.3 is 10.1 Å². The molecule has 0 unspecified atom stereocenters. The molecule has 1 aliphatic heterocycles. The van der Waals surface area contributed by atoms with Gasteiger partial charge in [-0.2, -0.15) is 9.57 Å². The second kappa shape index (κ2) is 10.7. The van der Waals surface area contributed by atoms with Crippen molar-refractivity contribution in [2.75, 3.05) is 29.9 Å². The van der Waals surface area contributed by atoms with Gasteiger partial charge in [0.05, 0.1) is 28.2 Å². The summed E-state index contributed by atoms with van der Waals surface area (Å²) in [6, 6.07) is 13.9. The first kappa shape index (κ1) is 23.1. The number of amides is 1. The fourth-order valence-electron chi connectivity index (χ4n) is 3.29. The number of nitriles is 1. The number of nitrogens with one attached hydrogen (secondary N) is 1. The fourth-order valence-corrected chi connectivity index (χ4v) is 5.29. The van der Waals surface area contributed by atoms with Crippen molar-refractivity contribution < 1.29 is 17.9 Å². The third kappa shape index (κ3) is 6.23. The molecular formula is C22H25N3O4S2. The highest BCUT2D eigenvalue weighted by atomic mass is 32.2. The molecule has 1 N–H and O–H groups in total. The number of carbonyl (C=O) groups excluding carboxylic acids is 1. The third-order valence-electron chi connectivity index (χ3n) is 4.80. The van der Waals surface area contributed by atoms with Crippen LogP contribution in [0.5, 0.6) is 11.5 Å². The van der Waals surface area contributed by atoms with Crippen LogP contribution in [0.3, 0.4) is 0 Å². The highest BCUT2D eigenvalue weighted by molar-refractivity contribution is 8.00. The maximum Gasteiger partial charge on any atom is 0.243 e. The molecule has 1 fully saturated rings. The maximum absolute atomic E-state index is 13.1. The molecule has 0 spiro atoms. The Hall–Kier alpha value is -2.54. The van der Waals surface area contributed by atoms with E-state index in [-0.39, 0.29) is 28.0 Å².